The third-order valence-corrected chi connectivity index (χ3v) is 3.86. The van der Waals surface area contributed by atoms with Crippen LogP contribution < -0.4 is 5.32 Å². The molecule has 3 aromatic rings. The quantitative estimate of drug-likeness (QED) is 0.739. The second-order valence-electron chi connectivity index (χ2n) is 5.71. The summed E-state index contributed by atoms with van der Waals surface area (Å²) in [7, 11) is 0. The van der Waals surface area contributed by atoms with Gasteiger partial charge in [0.25, 0.3) is 0 Å². The molecule has 7 nitrogen and oxygen atoms in total. The number of carbonyl (C=O) groups excluding carboxylic acids is 1. The number of nitrogens with zero attached hydrogens (tertiary/aromatic N) is 5. The second kappa shape index (κ2) is 5.90. The number of rotatable bonds is 3. The highest BCUT2D eigenvalue weighted by Crippen LogP contribution is 2.28. The number of alkyl halides is 1. The number of aromatic nitrogens is 5. The molecule has 0 fully saturated rings. The summed E-state index contributed by atoms with van der Waals surface area (Å²) >= 11 is 3.37. The predicted octanol–water partition coefficient (Wildman–Crippen LogP) is 3.14. The molecule has 0 unspecified atom stereocenters. The van der Waals surface area contributed by atoms with E-state index in [2.05, 4.69) is 41.3 Å². The first-order valence-corrected chi connectivity index (χ1v) is 7.88. The van der Waals surface area contributed by atoms with Gasteiger partial charge in [-0.05, 0) is 29.8 Å². The number of hydrogen-bond acceptors (Lipinski definition) is 5. The summed E-state index contributed by atoms with van der Waals surface area (Å²) in [6.45, 7) is 4.23. The van der Waals surface area contributed by atoms with Gasteiger partial charge in [0, 0.05) is 19.2 Å². The van der Waals surface area contributed by atoms with E-state index in [9.17, 15) is 9.18 Å². The lowest BCUT2D eigenvalue weighted by atomic mass is 10.1. The molecule has 3 aromatic heterocycles. The van der Waals surface area contributed by atoms with Crippen molar-refractivity contribution in [3.05, 3.63) is 35.0 Å². The summed E-state index contributed by atoms with van der Waals surface area (Å²) in [6.07, 6.45) is 4.46. The largest absolute Gasteiger partial charge is 0.311 e. The van der Waals surface area contributed by atoms with Gasteiger partial charge in [-0.3, -0.25) is 9.78 Å². The Balaban J connectivity index is 2.17. The van der Waals surface area contributed by atoms with Crippen LogP contribution in [0.2, 0.25) is 0 Å². The average molecular weight is 393 g/mol. The molecule has 0 aliphatic rings. The molecule has 3 heterocycles. The van der Waals surface area contributed by atoms with Gasteiger partial charge in [-0.2, -0.15) is 5.10 Å². The Morgan fingerprint density at radius 3 is 2.75 bits per heavy atom. The topological polar surface area (TPSA) is 85.6 Å². The highest BCUT2D eigenvalue weighted by molar-refractivity contribution is 9.10. The maximum atomic E-state index is 14.1. The van der Waals surface area contributed by atoms with Crippen molar-refractivity contribution in [3.63, 3.8) is 0 Å². The van der Waals surface area contributed by atoms with Gasteiger partial charge in [-0.15, -0.1) is 0 Å². The van der Waals surface area contributed by atoms with Crippen molar-refractivity contribution in [1.82, 2.24) is 24.7 Å². The number of hydrogen-bond donors (Lipinski definition) is 1. The van der Waals surface area contributed by atoms with Gasteiger partial charge in [0.05, 0.1) is 29.0 Å². The van der Waals surface area contributed by atoms with E-state index in [4.69, 9.17) is 0 Å². The molecule has 0 radical (unpaired) electrons. The van der Waals surface area contributed by atoms with Crippen LogP contribution in [0.4, 0.5) is 10.2 Å². The SMILES string of the molecule is CC(=O)Nc1cc2c(cn1)c(Br)nn2-c1cncc(C(C)(C)F)n1. The van der Waals surface area contributed by atoms with Gasteiger partial charge in [0.1, 0.15) is 16.1 Å². The Kier molecular flexibility index (Phi) is 4.04. The molecule has 0 aliphatic heterocycles. The Labute approximate surface area is 145 Å². The molecule has 0 aliphatic carbocycles. The molecule has 24 heavy (non-hydrogen) atoms. The predicted molar refractivity (Wildman–Crippen MR) is 90.6 cm³/mol. The van der Waals surface area contributed by atoms with E-state index in [0.29, 0.717) is 21.8 Å². The Bertz CT molecular complexity index is 933. The third-order valence-electron chi connectivity index (χ3n) is 3.27. The van der Waals surface area contributed by atoms with Crippen molar-refractivity contribution < 1.29 is 9.18 Å². The highest BCUT2D eigenvalue weighted by atomic mass is 79.9. The number of fused-ring (bicyclic) bond motifs is 1. The Hall–Kier alpha value is -2.42. The molecule has 1 N–H and O–H groups in total. The monoisotopic (exact) mass is 392 g/mol. The fraction of sp³-hybridized carbons (Fsp3) is 0.267. The molecule has 124 valence electrons. The van der Waals surface area contributed by atoms with Gasteiger partial charge in [-0.1, -0.05) is 0 Å². The lowest BCUT2D eigenvalue weighted by Gasteiger charge is -2.13. The molecule has 1 amide bonds. The molecule has 0 spiro atoms. The summed E-state index contributed by atoms with van der Waals surface area (Å²) in [5.41, 5.74) is -0.758. The zero-order valence-corrected chi connectivity index (χ0v) is 14.8. The zero-order valence-electron chi connectivity index (χ0n) is 13.2. The number of carbonyl (C=O) groups is 1. The van der Waals surface area contributed by atoms with Gasteiger partial charge in [0.2, 0.25) is 5.91 Å². The van der Waals surface area contributed by atoms with Crippen LogP contribution in [0.5, 0.6) is 0 Å². The summed E-state index contributed by atoms with van der Waals surface area (Å²) in [4.78, 5) is 23.7. The van der Waals surface area contributed by atoms with E-state index < -0.39 is 5.67 Å². The summed E-state index contributed by atoms with van der Waals surface area (Å²) in [5, 5.41) is 7.71. The maximum absolute atomic E-state index is 14.1. The summed E-state index contributed by atoms with van der Waals surface area (Å²) in [6, 6.07) is 1.67. The van der Waals surface area contributed by atoms with E-state index in [1.807, 2.05) is 0 Å². The van der Waals surface area contributed by atoms with E-state index in [1.54, 1.807) is 12.3 Å². The summed E-state index contributed by atoms with van der Waals surface area (Å²) < 4.78 is 16.2. The van der Waals surface area contributed by atoms with Gasteiger partial charge in [-0.25, -0.2) is 19.0 Å². The molecular formula is C15H14BrFN6O. The smallest absolute Gasteiger partial charge is 0.222 e. The number of nitrogens with one attached hydrogen (secondary N) is 1. The average Bonchev–Trinajstić information content (AvgIpc) is 2.83. The normalized spacial score (nSPS) is 11.7. The van der Waals surface area contributed by atoms with Gasteiger partial charge in [0.15, 0.2) is 5.82 Å². The number of pyridine rings is 1. The van der Waals surface area contributed by atoms with Crippen molar-refractivity contribution in [3.8, 4) is 5.82 Å². The lowest BCUT2D eigenvalue weighted by Crippen LogP contribution is -2.14. The van der Waals surface area contributed by atoms with Crippen LogP contribution >= 0.6 is 15.9 Å². The first-order chi connectivity index (χ1) is 11.3. The first kappa shape index (κ1) is 16.4. The van der Waals surface area contributed by atoms with Crippen molar-refractivity contribution in [2.45, 2.75) is 26.4 Å². The minimum absolute atomic E-state index is 0.205. The molecule has 3 rings (SSSR count). The number of halogens is 2. The minimum Gasteiger partial charge on any atom is -0.311 e. The molecule has 0 bridgehead atoms. The van der Waals surface area contributed by atoms with E-state index in [0.717, 1.165) is 5.39 Å². The third kappa shape index (κ3) is 3.12. The molecule has 0 atom stereocenters. The molecule has 9 heteroatoms. The molecule has 0 saturated carbocycles. The van der Waals surface area contributed by atoms with Gasteiger partial charge < -0.3 is 5.32 Å². The van der Waals surface area contributed by atoms with Crippen LogP contribution in [-0.2, 0) is 10.5 Å². The fourth-order valence-corrected chi connectivity index (χ4v) is 2.61. The van der Waals surface area contributed by atoms with Crippen LogP contribution in [0, 0.1) is 0 Å². The fourth-order valence-electron chi connectivity index (χ4n) is 2.14. The highest BCUT2D eigenvalue weighted by Gasteiger charge is 2.22. The number of anilines is 1. The van der Waals surface area contributed by atoms with Crippen LogP contribution in [0.3, 0.4) is 0 Å². The van der Waals surface area contributed by atoms with Crippen molar-refractivity contribution in [1.29, 1.82) is 0 Å². The lowest BCUT2D eigenvalue weighted by molar-refractivity contribution is -0.114. The Morgan fingerprint density at radius 2 is 2.08 bits per heavy atom. The van der Waals surface area contributed by atoms with E-state index >= 15 is 0 Å². The van der Waals surface area contributed by atoms with Crippen LogP contribution in [0.15, 0.2) is 29.3 Å². The van der Waals surface area contributed by atoms with E-state index in [1.165, 1.54) is 37.8 Å². The second-order valence-corrected chi connectivity index (χ2v) is 6.46. The first-order valence-electron chi connectivity index (χ1n) is 7.09. The zero-order chi connectivity index (χ0) is 17.5. The van der Waals surface area contributed by atoms with Crippen molar-refractivity contribution >= 4 is 38.6 Å². The van der Waals surface area contributed by atoms with Crippen LogP contribution in [0.25, 0.3) is 16.7 Å². The maximum Gasteiger partial charge on any atom is 0.222 e. The number of amides is 1. The standard InChI is InChI=1S/C15H14BrFN6O/c1-8(24)20-12-4-10-9(5-19-12)14(16)22-23(10)13-7-18-6-11(21-13)15(2,3)17/h4-7H,1-3H3,(H,19,20,24). The Morgan fingerprint density at radius 1 is 1.33 bits per heavy atom. The van der Waals surface area contributed by atoms with Crippen molar-refractivity contribution in [2.24, 2.45) is 0 Å². The van der Waals surface area contributed by atoms with Gasteiger partial charge >= 0.3 is 0 Å². The molecular weight excluding hydrogens is 379 g/mol. The minimum atomic E-state index is -1.62. The van der Waals surface area contributed by atoms with E-state index in [-0.39, 0.29) is 11.6 Å². The van der Waals surface area contributed by atoms with Crippen LogP contribution in [-0.4, -0.2) is 30.6 Å². The molecule has 0 aromatic carbocycles. The van der Waals surface area contributed by atoms with Crippen LogP contribution in [0.1, 0.15) is 26.5 Å². The molecule has 0 saturated heterocycles. The summed E-state index contributed by atoms with van der Waals surface area (Å²) in [5.74, 6) is 0.528. The van der Waals surface area contributed by atoms with Crippen molar-refractivity contribution in [2.75, 3.05) is 5.32 Å².